The van der Waals surface area contributed by atoms with Gasteiger partial charge in [0.1, 0.15) is 0 Å². The Morgan fingerprint density at radius 1 is 1.43 bits per heavy atom. The molecule has 23 heavy (non-hydrogen) atoms. The van der Waals surface area contributed by atoms with E-state index in [1.54, 1.807) is 0 Å². The third-order valence-corrected chi connectivity index (χ3v) is 3.78. The Morgan fingerprint density at radius 2 is 2.26 bits per heavy atom. The molecule has 0 amide bonds. The molecule has 1 heterocycles. The van der Waals surface area contributed by atoms with Crippen molar-refractivity contribution in [3.63, 3.8) is 0 Å². The van der Waals surface area contributed by atoms with Crippen LogP contribution in [-0.2, 0) is 16.1 Å². The van der Waals surface area contributed by atoms with Gasteiger partial charge in [0.15, 0.2) is 0 Å². The lowest BCUT2D eigenvalue weighted by Gasteiger charge is -2.18. The van der Waals surface area contributed by atoms with E-state index in [2.05, 4.69) is 10.1 Å². The first-order valence-corrected chi connectivity index (χ1v) is 7.95. The van der Waals surface area contributed by atoms with E-state index >= 15 is 0 Å². The number of rotatable bonds is 7. The number of carbonyl (C=O) groups excluding carboxylic acids is 1. The largest absolute Gasteiger partial charge is 0.465 e. The molecule has 0 bridgehead atoms. The summed E-state index contributed by atoms with van der Waals surface area (Å²) in [6.45, 7) is 4.97. The van der Waals surface area contributed by atoms with Crippen LogP contribution in [0.25, 0.3) is 11.4 Å². The van der Waals surface area contributed by atoms with E-state index < -0.39 is 0 Å². The van der Waals surface area contributed by atoms with Crippen molar-refractivity contribution in [3.05, 3.63) is 35.7 Å². The minimum Gasteiger partial charge on any atom is -0.465 e. The molecule has 0 aliphatic heterocycles. The van der Waals surface area contributed by atoms with E-state index in [4.69, 9.17) is 9.26 Å². The van der Waals surface area contributed by atoms with Gasteiger partial charge in [-0.05, 0) is 32.8 Å². The van der Waals surface area contributed by atoms with Gasteiger partial charge in [-0.1, -0.05) is 28.9 Å². The zero-order chi connectivity index (χ0) is 16.2. The van der Waals surface area contributed by atoms with Gasteiger partial charge in [-0.15, -0.1) is 0 Å². The van der Waals surface area contributed by atoms with Crippen LogP contribution in [0.15, 0.2) is 28.8 Å². The molecule has 1 aliphatic carbocycles. The monoisotopic (exact) mass is 315 g/mol. The van der Waals surface area contributed by atoms with Gasteiger partial charge in [-0.25, -0.2) is 0 Å². The van der Waals surface area contributed by atoms with E-state index in [1.165, 1.54) is 0 Å². The Kier molecular flexibility index (Phi) is 4.71. The van der Waals surface area contributed by atoms with Gasteiger partial charge in [0.05, 0.1) is 19.7 Å². The van der Waals surface area contributed by atoms with Crippen molar-refractivity contribution in [1.29, 1.82) is 0 Å². The van der Waals surface area contributed by atoms with Crippen molar-refractivity contribution < 1.29 is 14.1 Å². The Bertz CT molecular complexity index is 679. The van der Waals surface area contributed by atoms with Crippen molar-refractivity contribution in [2.45, 2.75) is 39.3 Å². The zero-order valence-electron chi connectivity index (χ0n) is 13.5. The molecular formula is C17H21N3O3. The van der Waals surface area contributed by atoms with Gasteiger partial charge in [0.2, 0.25) is 11.7 Å². The molecule has 0 saturated heterocycles. The van der Waals surface area contributed by atoms with Gasteiger partial charge in [-0.3, -0.25) is 9.69 Å². The fraction of sp³-hybridized carbons (Fsp3) is 0.471. The number of hydrogen-bond donors (Lipinski definition) is 0. The van der Waals surface area contributed by atoms with E-state index in [0.29, 0.717) is 30.9 Å². The lowest BCUT2D eigenvalue weighted by Crippen LogP contribution is -2.32. The predicted molar refractivity (Wildman–Crippen MR) is 84.5 cm³/mol. The fourth-order valence-electron chi connectivity index (χ4n) is 2.52. The van der Waals surface area contributed by atoms with Crippen LogP contribution in [0.3, 0.4) is 0 Å². The molecule has 122 valence electrons. The highest BCUT2D eigenvalue weighted by Crippen LogP contribution is 2.28. The summed E-state index contributed by atoms with van der Waals surface area (Å²) in [6, 6.07) is 8.38. The topological polar surface area (TPSA) is 68.5 Å². The van der Waals surface area contributed by atoms with E-state index in [9.17, 15) is 4.79 Å². The van der Waals surface area contributed by atoms with E-state index in [0.717, 1.165) is 24.0 Å². The lowest BCUT2D eigenvalue weighted by molar-refractivity contribution is -0.144. The highest BCUT2D eigenvalue weighted by Gasteiger charge is 2.32. The maximum atomic E-state index is 11.7. The van der Waals surface area contributed by atoms with Crippen LogP contribution in [0, 0.1) is 6.92 Å². The number of aromatic nitrogens is 2. The van der Waals surface area contributed by atoms with Gasteiger partial charge < -0.3 is 9.26 Å². The molecule has 6 nitrogen and oxygen atoms in total. The van der Waals surface area contributed by atoms with E-state index in [1.807, 2.05) is 43.0 Å². The molecule has 0 spiro atoms. The molecule has 1 aromatic carbocycles. The highest BCUT2D eigenvalue weighted by molar-refractivity contribution is 5.71. The van der Waals surface area contributed by atoms with Crippen LogP contribution in [0.2, 0.25) is 0 Å². The van der Waals surface area contributed by atoms with Crippen molar-refractivity contribution in [2.24, 2.45) is 0 Å². The predicted octanol–water partition coefficient (Wildman–Crippen LogP) is 2.57. The molecule has 2 aromatic rings. The maximum absolute atomic E-state index is 11.7. The number of nitrogens with zero attached hydrogens (tertiary/aromatic N) is 3. The van der Waals surface area contributed by atoms with Crippen molar-refractivity contribution in [2.75, 3.05) is 13.2 Å². The summed E-state index contributed by atoms with van der Waals surface area (Å²) >= 11 is 0. The quantitative estimate of drug-likeness (QED) is 0.732. The number of esters is 1. The first-order chi connectivity index (χ1) is 11.2. The Balaban J connectivity index is 1.68. The maximum Gasteiger partial charge on any atom is 0.320 e. The number of benzene rings is 1. The average Bonchev–Trinajstić information content (AvgIpc) is 3.26. The van der Waals surface area contributed by atoms with Gasteiger partial charge in [-0.2, -0.15) is 4.98 Å². The van der Waals surface area contributed by atoms with Crippen molar-refractivity contribution in [3.8, 4) is 11.4 Å². The first kappa shape index (κ1) is 15.7. The molecule has 3 rings (SSSR count). The second-order valence-corrected chi connectivity index (χ2v) is 5.82. The normalized spacial score (nSPS) is 14.2. The summed E-state index contributed by atoms with van der Waals surface area (Å²) in [7, 11) is 0. The second-order valence-electron chi connectivity index (χ2n) is 5.82. The van der Waals surface area contributed by atoms with Crippen molar-refractivity contribution in [1.82, 2.24) is 15.0 Å². The Morgan fingerprint density at radius 3 is 2.96 bits per heavy atom. The summed E-state index contributed by atoms with van der Waals surface area (Å²) in [4.78, 5) is 18.2. The number of carbonyl (C=O) groups is 1. The summed E-state index contributed by atoms with van der Waals surface area (Å²) in [5.41, 5.74) is 2.08. The van der Waals surface area contributed by atoms with E-state index in [-0.39, 0.29) is 12.5 Å². The smallest absolute Gasteiger partial charge is 0.320 e. The zero-order valence-corrected chi connectivity index (χ0v) is 13.5. The van der Waals surface area contributed by atoms with Crippen molar-refractivity contribution >= 4 is 5.97 Å². The fourth-order valence-corrected chi connectivity index (χ4v) is 2.52. The molecule has 0 N–H and O–H groups in total. The minimum absolute atomic E-state index is 0.210. The highest BCUT2D eigenvalue weighted by atomic mass is 16.5. The third kappa shape index (κ3) is 4.16. The summed E-state index contributed by atoms with van der Waals surface area (Å²) in [5, 5.41) is 4.05. The molecule has 0 atom stereocenters. The SMILES string of the molecule is CCOC(=O)CN(Cc1nc(-c2cccc(C)c2)no1)C1CC1. The average molecular weight is 315 g/mol. The first-order valence-electron chi connectivity index (χ1n) is 7.95. The number of hydrogen-bond acceptors (Lipinski definition) is 6. The molecule has 1 aromatic heterocycles. The lowest BCUT2D eigenvalue weighted by atomic mass is 10.1. The molecule has 1 fully saturated rings. The van der Waals surface area contributed by atoms with Crippen LogP contribution in [0.5, 0.6) is 0 Å². The summed E-state index contributed by atoms with van der Waals surface area (Å²) < 4.78 is 10.4. The summed E-state index contributed by atoms with van der Waals surface area (Å²) in [5.74, 6) is 0.895. The van der Waals surface area contributed by atoms with Crippen LogP contribution < -0.4 is 0 Å². The minimum atomic E-state index is -0.210. The number of aryl methyl sites for hydroxylation is 1. The third-order valence-electron chi connectivity index (χ3n) is 3.78. The van der Waals surface area contributed by atoms with Gasteiger partial charge in [0.25, 0.3) is 0 Å². The second kappa shape index (κ2) is 6.91. The molecule has 0 radical (unpaired) electrons. The molecule has 6 heteroatoms. The van der Waals surface area contributed by atoms with Crippen LogP contribution >= 0.6 is 0 Å². The standard InChI is InChI=1S/C17H21N3O3/c1-3-22-16(21)11-20(14-7-8-14)10-15-18-17(19-23-15)13-6-4-5-12(2)9-13/h4-6,9,14H,3,7-8,10-11H2,1-2H3. The molecular weight excluding hydrogens is 294 g/mol. The van der Waals surface area contributed by atoms with Gasteiger partial charge >= 0.3 is 5.97 Å². The molecule has 0 unspecified atom stereocenters. The van der Waals surface area contributed by atoms with Crippen LogP contribution in [0.1, 0.15) is 31.2 Å². The molecule has 1 aliphatic rings. The molecule has 1 saturated carbocycles. The number of ether oxygens (including phenoxy) is 1. The van der Waals surface area contributed by atoms with Crippen LogP contribution in [-0.4, -0.2) is 40.2 Å². The van der Waals surface area contributed by atoms with Gasteiger partial charge in [0, 0.05) is 11.6 Å². The van der Waals surface area contributed by atoms with Crippen LogP contribution in [0.4, 0.5) is 0 Å². The Labute approximate surface area is 135 Å². The Hall–Kier alpha value is -2.21. The summed E-state index contributed by atoms with van der Waals surface area (Å²) in [6.07, 6.45) is 2.19.